The Labute approximate surface area is 162 Å². The number of nitrogens with zero attached hydrogens (tertiary/aromatic N) is 2. The second-order valence-corrected chi connectivity index (χ2v) is 6.89. The van der Waals surface area contributed by atoms with Crippen LogP contribution in [0, 0.1) is 0 Å². The minimum atomic E-state index is -0.314. The molecule has 2 aromatic rings. The van der Waals surface area contributed by atoms with Crippen LogP contribution in [0.3, 0.4) is 0 Å². The lowest BCUT2D eigenvalue weighted by Crippen LogP contribution is -2.29. The summed E-state index contributed by atoms with van der Waals surface area (Å²) in [6.07, 6.45) is 2.75. The van der Waals surface area contributed by atoms with Gasteiger partial charge in [-0.2, -0.15) is 4.98 Å². The fourth-order valence-electron chi connectivity index (χ4n) is 3.52. The summed E-state index contributed by atoms with van der Waals surface area (Å²) in [7, 11) is 1.57. The highest BCUT2D eigenvalue weighted by atomic mass is 16.5. The molecule has 0 aliphatic carbocycles. The van der Waals surface area contributed by atoms with Gasteiger partial charge < -0.3 is 19.5 Å². The third-order valence-corrected chi connectivity index (χ3v) is 5.04. The third kappa shape index (κ3) is 3.87. The average molecular weight is 385 g/mol. The van der Waals surface area contributed by atoms with E-state index in [1.54, 1.807) is 23.7 Å². The largest absolute Gasteiger partial charge is 0.484 e. The Morgan fingerprint density at radius 2 is 2.25 bits per heavy atom. The Kier molecular flexibility index (Phi) is 5.29. The molecule has 1 N–H and O–H groups in total. The minimum absolute atomic E-state index is 0.0313. The van der Waals surface area contributed by atoms with Gasteiger partial charge in [-0.25, -0.2) is 4.79 Å². The first kappa shape index (κ1) is 18.5. The molecule has 1 saturated heterocycles. The van der Waals surface area contributed by atoms with Crippen LogP contribution in [-0.2, 0) is 22.5 Å². The Morgan fingerprint density at radius 1 is 1.36 bits per heavy atom. The smallest absolute Gasteiger partial charge is 0.351 e. The third-order valence-electron chi connectivity index (χ3n) is 5.04. The van der Waals surface area contributed by atoms with Crippen molar-refractivity contribution in [1.29, 1.82) is 0 Å². The van der Waals surface area contributed by atoms with Crippen LogP contribution in [0.4, 0.5) is 0 Å². The van der Waals surface area contributed by atoms with Gasteiger partial charge in [0, 0.05) is 31.8 Å². The fourth-order valence-corrected chi connectivity index (χ4v) is 3.52. The van der Waals surface area contributed by atoms with Crippen LogP contribution in [0.25, 0.3) is 11.3 Å². The van der Waals surface area contributed by atoms with Crippen molar-refractivity contribution in [2.75, 3.05) is 26.9 Å². The van der Waals surface area contributed by atoms with Crippen LogP contribution < -0.4 is 20.5 Å². The highest BCUT2D eigenvalue weighted by molar-refractivity contribution is 5.77. The Balaban J connectivity index is 1.56. The topological polar surface area (TPSA) is 91.7 Å². The van der Waals surface area contributed by atoms with E-state index in [1.165, 1.54) is 0 Å². The molecular formula is C20H23N3O5. The lowest BCUT2D eigenvalue weighted by molar-refractivity contribution is -0.122. The number of benzene rings is 1. The number of hydrogen-bond donors (Lipinski definition) is 1. The predicted molar refractivity (Wildman–Crippen MR) is 102 cm³/mol. The molecule has 2 aliphatic rings. The van der Waals surface area contributed by atoms with Crippen molar-refractivity contribution in [3.05, 3.63) is 40.3 Å². The molecule has 1 aromatic carbocycles. The van der Waals surface area contributed by atoms with Crippen molar-refractivity contribution in [2.45, 2.75) is 31.9 Å². The van der Waals surface area contributed by atoms with E-state index in [4.69, 9.17) is 14.2 Å². The zero-order chi connectivity index (χ0) is 19.5. The molecule has 28 heavy (non-hydrogen) atoms. The average Bonchev–Trinajstić information content (AvgIpc) is 3.23. The molecule has 4 rings (SSSR count). The summed E-state index contributed by atoms with van der Waals surface area (Å²) in [5, 5.41) is 2.52. The maximum atomic E-state index is 12.4. The number of carbonyl (C=O) groups excluding carboxylic acids is 1. The van der Waals surface area contributed by atoms with Crippen molar-refractivity contribution in [3.8, 4) is 22.9 Å². The molecular weight excluding hydrogens is 362 g/mol. The van der Waals surface area contributed by atoms with E-state index in [-0.39, 0.29) is 24.3 Å². The van der Waals surface area contributed by atoms with E-state index in [0.29, 0.717) is 31.2 Å². The number of amides is 1. The lowest BCUT2D eigenvalue weighted by atomic mass is 9.97. The zero-order valence-electron chi connectivity index (χ0n) is 15.8. The van der Waals surface area contributed by atoms with Crippen molar-refractivity contribution in [2.24, 2.45) is 0 Å². The minimum Gasteiger partial charge on any atom is -0.484 e. The highest BCUT2D eigenvalue weighted by Crippen LogP contribution is 2.32. The first-order valence-corrected chi connectivity index (χ1v) is 9.47. The number of nitrogens with one attached hydrogen (secondary N) is 1. The SMILES string of the molecule is CNC(=O)COc1ccc2c(c1)CCn1c-2cc(OCC2CCCO2)nc1=O. The second-order valence-electron chi connectivity index (χ2n) is 6.89. The summed E-state index contributed by atoms with van der Waals surface area (Å²) in [4.78, 5) is 27.9. The van der Waals surface area contributed by atoms with Crippen molar-refractivity contribution in [1.82, 2.24) is 14.9 Å². The Bertz CT molecular complexity index is 934. The number of hydrogen-bond acceptors (Lipinski definition) is 6. The maximum Gasteiger partial charge on any atom is 0.351 e. The van der Waals surface area contributed by atoms with Crippen molar-refractivity contribution < 1.29 is 19.0 Å². The molecule has 148 valence electrons. The summed E-state index contributed by atoms with van der Waals surface area (Å²) in [6.45, 7) is 1.66. The van der Waals surface area contributed by atoms with E-state index in [2.05, 4.69) is 10.3 Å². The van der Waals surface area contributed by atoms with E-state index in [9.17, 15) is 9.59 Å². The van der Waals surface area contributed by atoms with E-state index < -0.39 is 0 Å². The van der Waals surface area contributed by atoms with E-state index >= 15 is 0 Å². The van der Waals surface area contributed by atoms with E-state index in [0.717, 1.165) is 36.3 Å². The Hall–Kier alpha value is -2.87. The number of rotatable bonds is 6. The first-order chi connectivity index (χ1) is 13.6. The molecule has 8 nitrogen and oxygen atoms in total. The lowest BCUT2D eigenvalue weighted by Gasteiger charge is -2.22. The number of likely N-dealkylation sites (N-methyl/N-ethyl adjacent to an activating group) is 1. The van der Waals surface area contributed by atoms with Gasteiger partial charge in [-0.1, -0.05) is 0 Å². The molecule has 2 aliphatic heterocycles. The van der Waals surface area contributed by atoms with Crippen molar-refractivity contribution in [3.63, 3.8) is 0 Å². The molecule has 1 aromatic heterocycles. The van der Waals surface area contributed by atoms with Gasteiger partial charge in [-0.15, -0.1) is 0 Å². The van der Waals surface area contributed by atoms with Crippen LogP contribution in [0.2, 0.25) is 0 Å². The summed E-state index contributed by atoms with van der Waals surface area (Å²) >= 11 is 0. The van der Waals surface area contributed by atoms with Gasteiger partial charge in [0.15, 0.2) is 6.61 Å². The van der Waals surface area contributed by atoms with Crippen molar-refractivity contribution >= 4 is 5.91 Å². The van der Waals surface area contributed by atoms with Crippen LogP contribution in [0.15, 0.2) is 29.1 Å². The molecule has 1 fully saturated rings. The summed E-state index contributed by atoms with van der Waals surface area (Å²) in [5.74, 6) is 0.760. The van der Waals surface area contributed by atoms with Gasteiger partial charge in [0.2, 0.25) is 5.88 Å². The summed E-state index contributed by atoms with van der Waals surface area (Å²) < 4.78 is 18.5. The van der Waals surface area contributed by atoms with Crippen LogP contribution in [-0.4, -0.2) is 48.4 Å². The monoisotopic (exact) mass is 385 g/mol. The molecule has 8 heteroatoms. The molecule has 0 spiro atoms. The molecule has 0 radical (unpaired) electrons. The number of aromatic nitrogens is 2. The molecule has 0 bridgehead atoms. The van der Waals surface area contributed by atoms with Gasteiger partial charge >= 0.3 is 5.69 Å². The molecule has 1 atom stereocenters. The predicted octanol–water partition coefficient (Wildman–Crippen LogP) is 1.15. The number of aryl methyl sites for hydroxylation is 1. The standard InChI is InChI=1S/C20H23N3O5/c1-21-18(24)12-27-14-4-5-16-13(9-14)6-7-23-17(16)10-19(22-20(23)25)28-11-15-3-2-8-26-15/h4-5,9-10,15H,2-3,6-8,11-12H2,1H3,(H,21,24). The maximum absolute atomic E-state index is 12.4. The highest BCUT2D eigenvalue weighted by Gasteiger charge is 2.21. The van der Waals surface area contributed by atoms with Crippen LogP contribution in [0.1, 0.15) is 18.4 Å². The van der Waals surface area contributed by atoms with Gasteiger partial charge in [-0.3, -0.25) is 9.36 Å². The molecule has 3 heterocycles. The second kappa shape index (κ2) is 8.02. The first-order valence-electron chi connectivity index (χ1n) is 9.47. The van der Waals surface area contributed by atoms with Crippen LogP contribution in [0.5, 0.6) is 11.6 Å². The molecule has 0 saturated carbocycles. The summed E-state index contributed by atoms with van der Waals surface area (Å²) in [5.41, 5.74) is 2.47. The quantitative estimate of drug-likeness (QED) is 0.802. The van der Waals surface area contributed by atoms with Gasteiger partial charge in [0.1, 0.15) is 12.4 Å². The molecule has 1 unspecified atom stereocenters. The number of carbonyl (C=O) groups is 1. The fraction of sp³-hybridized carbons (Fsp3) is 0.450. The summed E-state index contributed by atoms with van der Waals surface area (Å²) in [6, 6.07) is 7.43. The normalized spacial score (nSPS) is 17.5. The van der Waals surface area contributed by atoms with Gasteiger partial charge in [0.25, 0.3) is 5.91 Å². The van der Waals surface area contributed by atoms with Crippen LogP contribution >= 0.6 is 0 Å². The van der Waals surface area contributed by atoms with Gasteiger partial charge in [0.05, 0.1) is 11.8 Å². The van der Waals surface area contributed by atoms with E-state index in [1.807, 2.05) is 12.1 Å². The number of fused-ring (bicyclic) bond motifs is 3. The van der Waals surface area contributed by atoms with Gasteiger partial charge in [-0.05, 0) is 43.0 Å². The zero-order valence-corrected chi connectivity index (χ0v) is 15.8. The number of ether oxygens (including phenoxy) is 3. The Morgan fingerprint density at radius 3 is 3.04 bits per heavy atom. The molecule has 1 amide bonds.